The van der Waals surface area contributed by atoms with Crippen LogP contribution in [0.3, 0.4) is 0 Å². The van der Waals surface area contributed by atoms with E-state index in [1.54, 1.807) is 18.3 Å². The van der Waals surface area contributed by atoms with Gasteiger partial charge in [0.2, 0.25) is 21.8 Å². The van der Waals surface area contributed by atoms with Gasteiger partial charge in [-0.3, -0.25) is 9.78 Å². The smallest absolute Gasteiger partial charge is 0.243 e. The number of morpholine rings is 1. The Hall–Kier alpha value is -3.06. The molecule has 0 spiro atoms. The van der Waals surface area contributed by atoms with E-state index < -0.39 is 15.9 Å². The number of rotatable bonds is 7. The third kappa shape index (κ3) is 5.14. The van der Waals surface area contributed by atoms with Gasteiger partial charge in [0.25, 0.3) is 0 Å². The molecule has 3 aromatic rings. The van der Waals surface area contributed by atoms with Crippen LogP contribution >= 0.6 is 11.6 Å². The molecule has 3 heterocycles. The highest BCUT2D eigenvalue weighted by atomic mass is 35.5. The van der Waals surface area contributed by atoms with Gasteiger partial charge in [-0.15, -0.1) is 14.9 Å². The molecule has 2 N–H and O–H groups in total. The second-order valence-electron chi connectivity index (χ2n) is 7.20. The van der Waals surface area contributed by atoms with Crippen molar-refractivity contribution >= 4 is 33.2 Å². The summed E-state index contributed by atoms with van der Waals surface area (Å²) in [5.41, 5.74) is 0.755. The van der Waals surface area contributed by atoms with Crippen molar-refractivity contribution in [2.75, 3.05) is 31.6 Å². The van der Waals surface area contributed by atoms with Crippen LogP contribution in [0.1, 0.15) is 12.2 Å². The maximum atomic E-state index is 12.9. The highest BCUT2D eigenvalue weighted by Gasteiger charge is 2.27. The number of nitrogens with zero attached hydrogens (tertiary/aromatic N) is 5. The first kappa shape index (κ1) is 23.1. The minimum atomic E-state index is -3.74. The van der Waals surface area contributed by atoms with E-state index in [1.807, 2.05) is 0 Å². The van der Waals surface area contributed by atoms with Gasteiger partial charge < -0.3 is 15.3 Å². The summed E-state index contributed by atoms with van der Waals surface area (Å²) in [6, 6.07) is 7.58. The van der Waals surface area contributed by atoms with Crippen LogP contribution in [-0.4, -0.2) is 70.1 Å². The van der Waals surface area contributed by atoms with Gasteiger partial charge in [-0.05, 0) is 30.3 Å². The summed E-state index contributed by atoms with van der Waals surface area (Å²) in [4.78, 5) is 16.5. The number of carbonyl (C=O) groups is 1. The number of carbonyl (C=O) groups excluding carboxylic acids is 1. The summed E-state index contributed by atoms with van der Waals surface area (Å²) in [6.07, 6.45) is 3.19. The van der Waals surface area contributed by atoms with Gasteiger partial charge >= 0.3 is 0 Å². The van der Waals surface area contributed by atoms with E-state index in [0.29, 0.717) is 18.8 Å². The monoisotopic (exact) mass is 492 g/mol. The fourth-order valence-corrected chi connectivity index (χ4v) is 4.88. The molecule has 33 heavy (non-hydrogen) atoms. The Morgan fingerprint density at radius 3 is 2.73 bits per heavy atom. The Balaban J connectivity index is 1.43. The molecule has 4 rings (SSSR count). The highest BCUT2D eigenvalue weighted by Crippen LogP contribution is 2.27. The Kier molecular flexibility index (Phi) is 6.88. The van der Waals surface area contributed by atoms with Crippen LogP contribution in [0.25, 0.3) is 11.4 Å². The Morgan fingerprint density at radius 1 is 1.21 bits per heavy atom. The second-order valence-corrected chi connectivity index (χ2v) is 9.54. The summed E-state index contributed by atoms with van der Waals surface area (Å²) >= 11 is 6.17. The molecule has 11 nitrogen and oxygen atoms in total. The van der Waals surface area contributed by atoms with E-state index in [9.17, 15) is 18.4 Å². The molecule has 1 aromatic carbocycles. The van der Waals surface area contributed by atoms with Crippen LogP contribution in [0.2, 0.25) is 5.02 Å². The van der Waals surface area contributed by atoms with Crippen molar-refractivity contribution in [3.8, 4) is 11.4 Å². The van der Waals surface area contributed by atoms with Crippen molar-refractivity contribution < 1.29 is 23.2 Å². The third-order valence-corrected chi connectivity index (χ3v) is 7.24. The van der Waals surface area contributed by atoms with Gasteiger partial charge in [0, 0.05) is 43.9 Å². The number of amides is 1. The van der Waals surface area contributed by atoms with Crippen molar-refractivity contribution in [3.63, 3.8) is 0 Å². The van der Waals surface area contributed by atoms with Crippen LogP contribution < -0.4 is 5.32 Å². The summed E-state index contributed by atoms with van der Waals surface area (Å²) in [7, 11) is -3.74. The van der Waals surface area contributed by atoms with Crippen molar-refractivity contribution in [1.29, 1.82) is 0 Å². The number of hydrogen-bond donors (Lipinski definition) is 2. The number of aromatic nitrogens is 4. The molecule has 2 aromatic heterocycles. The molecule has 0 aliphatic carbocycles. The van der Waals surface area contributed by atoms with Gasteiger partial charge in [-0.2, -0.15) is 4.31 Å². The summed E-state index contributed by atoms with van der Waals surface area (Å²) in [5.74, 6) is -0.0231. The molecule has 1 fully saturated rings. The lowest BCUT2D eigenvalue weighted by Crippen LogP contribution is -2.40. The number of sulfonamides is 1. The standard InChI is InChI=1S/C20H21ClN6O5S/c21-16-4-3-15(33(30,31)26-8-10-32-11-9-26)12-17(16)23-19(28)6-5-18-24-25-20(27(18)29)14-2-1-7-22-13-14/h1-4,7,12-13,29H,5-6,8-11H2,(H,23,28). The average Bonchev–Trinajstić information content (AvgIpc) is 3.20. The maximum Gasteiger partial charge on any atom is 0.243 e. The fraction of sp³-hybridized carbons (Fsp3) is 0.300. The molecule has 174 valence electrons. The predicted molar refractivity (Wildman–Crippen MR) is 118 cm³/mol. The molecule has 1 saturated heterocycles. The SMILES string of the molecule is O=C(CCc1nnc(-c2cccnc2)n1O)Nc1cc(S(=O)(=O)N2CCOCC2)ccc1Cl. The number of ether oxygens (including phenoxy) is 1. The van der Waals surface area contributed by atoms with Crippen LogP contribution in [0, 0.1) is 0 Å². The average molecular weight is 493 g/mol. The highest BCUT2D eigenvalue weighted by molar-refractivity contribution is 7.89. The summed E-state index contributed by atoms with van der Waals surface area (Å²) in [6.45, 7) is 1.17. The van der Waals surface area contributed by atoms with Crippen LogP contribution in [-0.2, 0) is 26.0 Å². The molecule has 13 heteroatoms. The number of aryl methyl sites for hydroxylation is 1. The maximum absolute atomic E-state index is 12.9. The third-order valence-electron chi connectivity index (χ3n) is 5.02. The van der Waals surface area contributed by atoms with Crippen LogP contribution in [0.15, 0.2) is 47.6 Å². The number of nitrogens with one attached hydrogen (secondary N) is 1. The van der Waals surface area contributed by atoms with E-state index in [4.69, 9.17) is 16.3 Å². The first-order valence-corrected chi connectivity index (χ1v) is 11.9. The van der Waals surface area contributed by atoms with Gasteiger partial charge in [0.05, 0.1) is 28.8 Å². The van der Waals surface area contributed by atoms with E-state index in [-0.39, 0.29) is 53.2 Å². The number of anilines is 1. The quantitative estimate of drug-likeness (QED) is 0.476. The molecule has 1 amide bonds. The predicted octanol–water partition coefficient (Wildman–Crippen LogP) is 1.82. The Morgan fingerprint density at radius 2 is 2.00 bits per heavy atom. The number of benzene rings is 1. The molecule has 0 saturated carbocycles. The first-order chi connectivity index (χ1) is 15.9. The minimum Gasteiger partial charge on any atom is -0.425 e. The lowest BCUT2D eigenvalue weighted by molar-refractivity contribution is -0.116. The molecule has 0 bridgehead atoms. The molecule has 0 radical (unpaired) electrons. The first-order valence-electron chi connectivity index (χ1n) is 10.1. The largest absolute Gasteiger partial charge is 0.425 e. The van der Waals surface area contributed by atoms with Gasteiger partial charge in [0.15, 0.2) is 5.82 Å². The molecular weight excluding hydrogens is 472 g/mol. The Bertz CT molecular complexity index is 1250. The molecule has 1 aliphatic heterocycles. The second kappa shape index (κ2) is 9.83. The van der Waals surface area contributed by atoms with E-state index in [2.05, 4.69) is 20.5 Å². The number of hydrogen-bond acceptors (Lipinski definition) is 8. The lowest BCUT2D eigenvalue weighted by Gasteiger charge is -2.26. The van der Waals surface area contributed by atoms with Crippen molar-refractivity contribution in [3.05, 3.63) is 53.6 Å². The van der Waals surface area contributed by atoms with E-state index in [1.165, 1.54) is 28.7 Å². The molecular formula is C20H21ClN6O5S. The van der Waals surface area contributed by atoms with E-state index in [0.717, 1.165) is 4.73 Å². The van der Waals surface area contributed by atoms with Crippen molar-refractivity contribution in [2.24, 2.45) is 0 Å². The number of halogens is 1. The molecule has 0 atom stereocenters. The molecule has 1 aliphatic rings. The Labute approximate surface area is 195 Å². The van der Waals surface area contributed by atoms with Crippen molar-refractivity contribution in [2.45, 2.75) is 17.7 Å². The zero-order valence-corrected chi connectivity index (χ0v) is 19.0. The fourth-order valence-electron chi connectivity index (χ4n) is 3.28. The van der Waals surface area contributed by atoms with Gasteiger partial charge in [-0.1, -0.05) is 11.6 Å². The van der Waals surface area contributed by atoms with Crippen LogP contribution in [0.4, 0.5) is 5.69 Å². The van der Waals surface area contributed by atoms with Crippen LogP contribution in [0.5, 0.6) is 0 Å². The van der Waals surface area contributed by atoms with E-state index >= 15 is 0 Å². The van der Waals surface area contributed by atoms with Crippen molar-refractivity contribution in [1.82, 2.24) is 24.2 Å². The minimum absolute atomic E-state index is 0.0281. The summed E-state index contributed by atoms with van der Waals surface area (Å²) < 4.78 is 33.1. The zero-order valence-electron chi connectivity index (χ0n) is 17.4. The normalized spacial score (nSPS) is 14.8. The van der Waals surface area contributed by atoms with Gasteiger partial charge in [-0.25, -0.2) is 8.42 Å². The molecule has 0 unspecified atom stereocenters. The topological polar surface area (TPSA) is 140 Å². The number of pyridine rings is 1. The van der Waals surface area contributed by atoms with Gasteiger partial charge in [0.1, 0.15) is 0 Å². The summed E-state index contributed by atoms with van der Waals surface area (Å²) in [5, 5.41) is 21.0. The lowest BCUT2D eigenvalue weighted by atomic mass is 10.2. The zero-order chi connectivity index (χ0) is 23.4.